The Balaban J connectivity index is 2.12. The van der Waals surface area contributed by atoms with Gasteiger partial charge in [-0.15, -0.1) is 0 Å². The summed E-state index contributed by atoms with van der Waals surface area (Å²) in [5, 5.41) is 0. The van der Waals surface area contributed by atoms with E-state index in [2.05, 4.69) is 0 Å². The fourth-order valence-corrected chi connectivity index (χ4v) is 3.49. The Labute approximate surface area is 108 Å². The Bertz CT molecular complexity index is 502. The summed E-state index contributed by atoms with van der Waals surface area (Å²) in [7, 11) is -3.12. The lowest BCUT2D eigenvalue weighted by atomic mass is 10.3. The first-order valence-corrected chi connectivity index (χ1v) is 7.68. The summed E-state index contributed by atoms with van der Waals surface area (Å²) in [4.78, 5) is 0. The molecule has 0 spiro atoms. The maximum Gasteiger partial charge on any atom is 0.235 e. The first kappa shape index (κ1) is 13.2. The van der Waals surface area contributed by atoms with E-state index in [0.29, 0.717) is 37.6 Å². The molecular weight excluding hydrogens is 252 g/mol. The van der Waals surface area contributed by atoms with Crippen LogP contribution in [0.15, 0.2) is 24.3 Å². The minimum atomic E-state index is -3.12. The van der Waals surface area contributed by atoms with Gasteiger partial charge in [-0.05, 0) is 31.5 Å². The van der Waals surface area contributed by atoms with Crippen LogP contribution in [0.1, 0.15) is 12.8 Å². The lowest BCUT2D eigenvalue weighted by molar-refractivity contribution is 0.313. The van der Waals surface area contributed by atoms with Crippen LogP contribution in [0.4, 0.5) is 5.69 Å². The molecule has 0 radical (unpaired) electrons. The number of anilines is 1. The Hall–Kier alpha value is -1.27. The van der Waals surface area contributed by atoms with Crippen LogP contribution < -0.4 is 14.8 Å². The molecule has 1 aromatic carbocycles. The Morgan fingerprint density at radius 3 is 2.89 bits per heavy atom. The standard InChI is InChI=1S/C12H18N2O3S/c13-6-2-8-17-12-5-1-4-11(10-12)14-7-3-9-18(14,15)16/h1,4-5,10H,2-3,6-9,13H2. The van der Waals surface area contributed by atoms with Gasteiger partial charge in [-0.1, -0.05) is 6.07 Å². The highest BCUT2D eigenvalue weighted by Crippen LogP contribution is 2.27. The van der Waals surface area contributed by atoms with Crippen molar-refractivity contribution < 1.29 is 13.2 Å². The molecule has 0 aliphatic carbocycles. The second-order valence-electron chi connectivity index (χ2n) is 4.23. The van der Waals surface area contributed by atoms with Gasteiger partial charge >= 0.3 is 0 Å². The highest BCUT2D eigenvalue weighted by molar-refractivity contribution is 7.93. The molecule has 1 aliphatic rings. The first-order chi connectivity index (χ1) is 8.63. The van der Waals surface area contributed by atoms with Gasteiger partial charge in [-0.2, -0.15) is 0 Å². The second kappa shape index (κ2) is 5.58. The fraction of sp³-hybridized carbons (Fsp3) is 0.500. The second-order valence-corrected chi connectivity index (χ2v) is 6.24. The van der Waals surface area contributed by atoms with Crippen LogP contribution >= 0.6 is 0 Å². The summed E-state index contributed by atoms with van der Waals surface area (Å²) in [5.74, 6) is 0.911. The average Bonchev–Trinajstić information content (AvgIpc) is 2.70. The molecule has 1 aromatic rings. The maximum absolute atomic E-state index is 11.8. The Morgan fingerprint density at radius 1 is 1.39 bits per heavy atom. The smallest absolute Gasteiger partial charge is 0.235 e. The number of sulfonamides is 1. The minimum Gasteiger partial charge on any atom is -0.493 e. The van der Waals surface area contributed by atoms with Crippen molar-refractivity contribution in [3.8, 4) is 5.75 Å². The molecule has 1 heterocycles. The van der Waals surface area contributed by atoms with Crippen LogP contribution in [0.5, 0.6) is 5.75 Å². The molecule has 2 N–H and O–H groups in total. The number of hydrogen-bond acceptors (Lipinski definition) is 4. The van der Waals surface area contributed by atoms with Crippen molar-refractivity contribution in [1.82, 2.24) is 0 Å². The van der Waals surface area contributed by atoms with Crippen LogP contribution in [0.2, 0.25) is 0 Å². The van der Waals surface area contributed by atoms with Crippen molar-refractivity contribution >= 4 is 15.7 Å². The molecule has 0 atom stereocenters. The summed E-state index contributed by atoms with van der Waals surface area (Å²) in [5.41, 5.74) is 6.07. The van der Waals surface area contributed by atoms with E-state index >= 15 is 0 Å². The fourth-order valence-electron chi connectivity index (χ4n) is 1.93. The quantitative estimate of drug-likeness (QED) is 0.809. The van der Waals surface area contributed by atoms with Gasteiger partial charge in [0.05, 0.1) is 18.0 Å². The van der Waals surface area contributed by atoms with E-state index in [4.69, 9.17) is 10.5 Å². The topological polar surface area (TPSA) is 72.6 Å². The molecule has 2 rings (SSSR count). The third kappa shape index (κ3) is 2.94. The molecule has 0 saturated carbocycles. The van der Waals surface area contributed by atoms with Crippen LogP contribution in [0, 0.1) is 0 Å². The van der Waals surface area contributed by atoms with Crippen LogP contribution in [-0.4, -0.2) is 33.9 Å². The van der Waals surface area contributed by atoms with E-state index in [9.17, 15) is 8.42 Å². The predicted octanol–water partition coefficient (Wildman–Crippen LogP) is 0.954. The third-order valence-corrected chi connectivity index (χ3v) is 4.69. The van der Waals surface area contributed by atoms with E-state index in [0.717, 1.165) is 6.42 Å². The normalized spacial score (nSPS) is 17.9. The SMILES string of the molecule is NCCCOc1cccc(N2CCCS2(=O)=O)c1. The number of rotatable bonds is 5. The third-order valence-electron chi connectivity index (χ3n) is 2.82. The molecule has 0 unspecified atom stereocenters. The van der Waals surface area contributed by atoms with E-state index in [1.54, 1.807) is 18.2 Å². The largest absolute Gasteiger partial charge is 0.493 e. The van der Waals surface area contributed by atoms with E-state index < -0.39 is 10.0 Å². The average molecular weight is 270 g/mol. The molecule has 1 saturated heterocycles. The van der Waals surface area contributed by atoms with Gasteiger partial charge in [0, 0.05) is 12.6 Å². The van der Waals surface area contributed by atoms with Gasteiger partial charge in [0.1, 0.15) is 5.75 Å². The van der Waals surface area contributed by atoms with E-state index in [1.165, 1.54) is 4.31 Å². The summed E-state index contributed by atoms with van der Waals surface area (Å²) in [6.45, 7) is 1.68. The van der Waals surface area contributed by atoms with Gasteiger partial charge in [0.2, 0.25) is 10.0 Å². The molecule has 1 fully saturated rings. The summed E-state index contributed by atoms with van der Waals surface area (Å²) in [6.07, 6.45) is 1.47. The van der Waals surface area contributed by atoms with Gasteiger partial charge in [0.25, 0.3) is 0 Å². The predicted molar refractivity (Wildman–Crippen MR) is 71.4 cm³/mol. The van der Waals surface area contributed by atoms with Gasteiger partial charge in [-0.25, -0.2) is 8.42 Å². The summed E-state index contributed by atoms with van der Waals surface area (Å²) in [6, 6.07) is 7.18. The molecule has 0 aromatic heterocycles. The zero-order valence-corrected chi connectivity index (χ0v) is 11.0. The van der Waals surface area contributed by atoms with Crippen molar-refractivity contribution in [2.45, 2.75) is 12.8 Å². The molecular formula is C12H18N2O3S. The monoisotopic (exact) mass is 270 g/mol. The minimum absolute atomic E-state index is 0.227. The number of nitrogens with zero attached hydrogens (tertiary/aromatic N) is 1. The van der Waals surface area contributed by atoms with Crippen molar-refractivity contribution in [2.75, 3.05) is 29.8 Å². The van der Waals surface area contributed by atoms with Crippen molar-refractivity contribution in [3.63, 3.8) is 0 Å². The Morgan fingerprint density at radius 2 is 2.22 bits per heavy atom. The lowest BCUT2D eigenvalue weighted by Gasteiger charge is -2.17. The molecule has 0 bridgehead atoms. The zero-order valence-electron chi connectivity index (χ0n) is 10.2. The number of ether oxygens (including phenoxy) is 1. The first-order valence-electron chi connectivity index (χ1n) is 6.07. The van der Waals surface area contributed by atoms with Gasteiger partial charge < -0.3 is 10.5 Å². The molecule has 100 valence electrons. The van der Waals surface area contributed by atoms with Crippen molar-refractivity contribution in [3.05, 3.63) is 24.3 Å². The molecule has 6 heteroatoms. The van der Waals surface area contributed by atoms with Crippen LogP contribution in [0.25, 0.3) is 0 Å². The number of hydrogen-bond donors (Lipinski definition) is 1. The molecule has 1 aliphatic heterocycles. The van der Waals surface area contributed by atoms with Gasteiger partial charge in [-0.3, -0.25) is 4.31 Å². The summed E-state index contributed by atoms with van der Waals surface area (Å²) >= 11 is 0. The Kier molecular flexibility index (Phi) is 4.08. The maximum atomic E-state index is 11.8. The molecule has 5 nitrogen and oxygen atoms in total. The van der Waals surface area contributed by atoms with Crippen molar-refractivity contribution in [2.24, 2.45) is 5.73 Å². The van der Waals surface area contributed by atoms with Crippen LogP contribution in [0.3, 0.4) is 0 Å². The van der Waals surface area contributed by atoms with Crippen molar-refractivity contribution in [1.29, 1.82) is 0 Å². The van der Waals surface area contributed by atoms with Crippen LogP contribution in [-0.2, 0) is 10.0 Å². The zero-order chi connectivity index (χ0) is 13.0. The lowest BCUT2D eigenvalue weighted by Crippen LogP contribution is -2.24. The number of nitrogens with two attached hydrogens (primary N) is 1. The highest BCUT2D eigenvalue weighted by atomic mass is 32.2. The van der Waals surface area contributed by atoms with Gasteiger partial charge in [0.15, 0.2) is 0 Å². The summed E-state index contributed by atoms with van der Waals surface area (Å²) < 4.78 is 30.6. The molecule has 18 heavy (non-hydrogen) atoms. The molecule has 0 amide bonds. The number of benzene rings is 1. The van der Waals surface area contributed by atoms with E-state index in [1.807, 2.05) is 6.07 Å². The highest BCUT2D eigenvalue weighted by Gasteiger charge is 2.28. The van der Waals surface area contributed by atoms with E-state index in [-0.39, 0.29) is 5.75 Å².